The van der Waals surface area contributed by atoms with Gasteiger partial charge in [0.15, 0.2) is 0 Å². The normalized spacial score (nSPS) is 16.9. The van der Waals surface area contributed by atoms with Gasteiger partial charge in [-0.15, -0.1) is 0 Å². The van der Waals surface area contributed by atoms with Crippen molar-refractivity contribution in [2.75, 3.05) is 7.11 Å². The van der Waals surface area contributed by atoms with Crippen LogP contribution in [0.5, 0.6) is 5.88 Å². The summed E-state index contributed by atoms with van der Waals surface area (Å²) in [6, 6.07) is 11.8. The summed E-state index contributed by atoms with van der Waals surface area (Å²) in [7, 11) is 1.56. The summed E-state index contributed by atoms with van der Waals surface area (Å²) in [6.07, 6.45) is 4.71. The minimum atomic E-state index is -0.0909. The Labute approximate surface area is 124 Å². The number of rotatable bonds is 3. The third-order valence-electron chi connectivity index (χ3n) is 3.88. The summed E-state index contributed by atoms with van der Waals surface area (Å²) in [6.45, 7) is 0. The number of hydrogen-bond acceptors (Lipinski definition) is 3. The van der Waals surface area contributed by atoms with E-state index >= 15 is 0 Å². The van der Waals surface area contributed by atoms with Crippen molar-refractivity contribution in [2.24, 2.45) is 0 Å². The number of aromatic nitrogens is 1. The smallest absolute Gasteiger partial charge is 0.253 e. The highest BCUT2D eigenvalue weighted by Crippen LogP contribution is 2.29. The number of nitrogens with zero attached hydrogens (tertiary/aromatic N) is 1. The maximum absolute atomic E-state index is 12.3. The van der Waals surface area contributed by atoms with E-state index in [-0.39, 0.29) is 11.9 Å². The van der Waals surface area contributed by atoms with E-state index in [9.17, 15) is 4.79 Å². The number of carbonyl (C=O) groups excluding carboxylic acids is 1. The average Bonchev–Trinajstić information content (AvgIpc) is 2.55. The zero-order chi connectivity index (χ0) is 14.7. The van der Waals surface area contributed by atoms with Crippen LogP contribution in [0, 0.1) is 0 Å². The molecule has 0 radical (unpaired) electrons. The fourth-order valence-electron chi connectivity index (χ4n) is 2.78. The molecule has 1 aromatic heterocycles. The highest BCUT2D eigenvalue weighted by Gasteiger charge is 2.21. The van der Waals surface area contributed by atoms with Crippen LogP contribution >= 0.6 is 0 Å². The quantitative estimate of drug-likeness (QED) is 0.941. The van der Waals surface area contributed by atoms with Gasteiger partial charge in [-0.3, -0.25) is 4.79 Å². The Hall–Kier alpha value is -2.36. The molecule has 0 aliphatic heterocycles. The SMILES string of the molecule is COc1ccc(C(=O)N[C@@H]2CCCc3ccccc32)cn1. The van der Waals surface area contributed by atoms with Crippen LogP contribution in [0.15, 0.2) is 42.6 Å². The minimum absolute atomic E-state index is 0.0875. The maximum Gasteiger partial charge on any atom is 0.253 e. The second kappa shape index (κ2) is 5.95. The predicted molar refractivity (Wildman–Crippen MR) is 80.4 cm³/mol. The van der Waals surface area contributed by atoms with Crippen molar-refractivity contribution in [1.82, 2.24) is 10.3 Å². The van der Waals surface area contributed by atoms with Gasteiger partial charge in [0.05, 0.1) is 18.7 Å². The molecule has 0 spiro atoms. The average molecular weight is 282 g/mol. The number of carbonyl (C=O) groups is 1. The van der Waals surface area contributed by atoms with Crippen molar-refractivity contribution in [2.45, 2.75) is 25.3 Å². The van der Waals surface area contributed by atoms with Crippen LogP contribution < -0.4 is 10.1 Å². The van der Waals surface area contributed by atoms with E-state index in [0.29, 0.717) is 11.4 Å². The van der Waals surface area contributed by atoms with Crippen LogP contribution in [0.2, 0.25) is 0 Å². The molecule has 0 fully saturated rings. The third-order valence-corrected chi connectivity index (χ3v) is 3.88. The molecule has 1 atom stereocenters. The van der Waals surface area contributed by atoms with Gasteiger partial charge < -0.3 is 10.1 Å². The zero-order valence-corrected chi connectivity index (χ0v) is 12.0. The first-order valence-corrected chi connectivity index (χ1v) is 7.16. The summed E-state index contributed by atoms with van der Waals surface area (Å²) in [5.41, 5.74) is 3.12. The molecule has 2 aromatic rings. The number of benzene rings is 1. The van der Waals surface area contributed by atoms with Crippen molar-refractivity contribution in [3.63, 3.8) is 0 Å². The number of amides is 1. The molecule has 1 aromatic carbocycles. The first-order chi connectivity index (χ1) is 10.3. The van der Waals surface area contributed by atoms with E-state index in [0.717, 1.165) is 19.3 Å². The molecule has 1 N–H and O–H groups in total. The van der Waals surface area contributed by atoms with Gasteiger partial charge in [-0.05, 0) is 36.5 Å². The van der Waals surface area contributed by atoms with Gasteiger partial charge in [0.1, 0.15) is 0 Å². The first-order valence-electron chi connectivity index (χ1n) is 7.16. The largest absolute Gasteiger partial charge is 0.481 e. The maximum atomic E-state index is 12.3. The summed E-state index contributed by atoms with van der Waals surface area (Å²) in [5, 5.41) is 3.11. The number of hydrogen-bond donors (Lipinski definition) is 1. The van der Waals surface area contributed by atoms with Crippen LogP contribution in [0.3, 0.4) is 0 Å². The van der Waals surface area contributed by atoms with Gasteiger partial charge in [0.25, 0.3) is 5.91 Å². The zero-order valence-electron chi connectivity index (χ0n) is 12.0. The molecule has 1 heterocycles. The van der Waals surface area contributed by atoms with Crippen LogP contribution in [-0.2, 0) is 6.42 Å². The Morgan fingerprint density at radius 1 is 1.29 bits per heavy atom. The van der Waals surface area contributed by atoms with Gasteiger partial charge in [0.2, 0.25) is 5.88 Å². The summed E-state index contributed by atoms with van der Waals surface area (Å²) < 4.78 is 5.00. The predicted octanol–water partition coefficient (Wildman–Crippen LogP) is 2.90. The molecule has 0 saturated heterocycles. The molecule has 3 rings (SSSR count). The van der Waals surface area contributed by atoms with Crippen LogP contribution in [0.25, 0.3) is 0 Å². The number of ether oxygens (including phenoxy) is 1. The Bertz CT molecular complexity index is 637. The Morgan fingerprint density at radius 2 is 2.14 bits per heavy atom. The first kappa shape index (κ1) is 13.6. The van der Waals surface area contributed by atoms with Gasteiger partial charge in [-0.25, -0.2) is 4.98 Å². The molecule has 1 aliphatic carbocycles. The Balaban J connectivity index is 1.76. The molecule has 21 heavy (non-hydrogen) atoms. The van der Waals surface area contributed by atoms with Gasteiger partial charge in [-0.1, -0.05) is 24.3 Å². The summed E-state index contributed by atoms with van der Waals surface area (Å²) in [5.74, 6) is 0.418. The molecule has 0 bridgehead atoms. The number of fused-ring (bicyclic) bond motifs is 1. The van der Waals surface area contributed by atoms with Crippen LogP contribution in [0.4, 0.5) is 0 Å². The van der Waals surface area contributed by atoms with Crippen molar-refractivity contribution in [3.8, 4) is 5.88 Å². The lowest BCUT2D eigenvalue weighted by molar-refractivity contribution is 0.0932. The standard InChI is InChI=1S/C17H18N2O2/c1-21-16-10-9-13(11-18-16)17(20)19-15-8-4-6-12-5-2-3-7-14(12)15/h2-3,5,7,9-11,15H,4,6,8H2,1H3,(H,19,20)/t15-/m1/s1. The van der Waals surface area contributed by atoms with E-state index < -0.39 is 0 Å². The van der Waals surface area contributed by atoms with Crippen molar-refractivity contribution in [3.05, 3.63) is 59.3 Å². The Morgan fingerprint density at radius 3 is 2.90 bits per heavy atom. The number of aryl methyl sites for hydroxylation is 1. The molecule has 1 aliphatic rings. The molecule has 1 amide bonds. The molecule has 4 heteroatoms. The molecule has 0 unspecified atom stereocenters. The lowest BCUT2D eigenvalue weighted by Gasteiger charge is -2.26. The number of pyridine rings is 1. The van der Waals surface area contributed by atoms with E-state index in [2.05, 4.69) is 28.5 Å². The second-order valence-corrected chi connectivity index (χ2v) is 5.21. The van der Waals surface area contributed by atoms with Gasteiger partial charge in [-0.2, -0.15) is 0 Å². The summed E-state index contributed by atoms with van der Waals surface area (Å²) >= 11 is 0. The number of nitrogens with one attached hydrogen (secondary N) is 1. The van der Waals surface area contributed by atoms with Gasteiger partial charge in [0, 0.05) is 12.3 Å². The Kier molecular flexibility index (Phi) is 3.86. The monoisotopic (exact) mass is 282 g/mol. The molecule has 4 nitrogen and oxygen atoms in total. The summed E-state index contributed by atoms with van der Waals surface area (Å²) in [4.78, 5) is 16.4. The molecular formula is C17H18N2O2. The van der Waals surface area contributed by atoms with E-state index in [1.165, 1.54) is 11.1 Å². The van der Waals surface area contributed by atoms with Crippen molar-refractivity contribution >= 4 is 5.91 Å². The van der Waals surface area contributed by atoms with Crippen LogP contribution in [0.1, 0.15) is 40.4 Å². The van der Waals surface area contributed by atoms with Crippen molar-refractivity contribution in [1.29, 1.82) is 0 Å². The topological polar surface area (TPSA) is 51.2 Å². The lowest BCUT2D eigenvalue weighted by Crippen LogP contribution is -2.31. The highest BCUT2D eigenvalue weighted by atomic mass is 16.5. The van der Waals surface area contributed by atoms with E-state index in [1.54, 1.807) is 25.4 Å². The highest BCUT2D eigenvalue weighted by molar-refractivity contribution is 5.94. The molecular weight excluding hydrogens is 264 g/mol. The van der Waals surface area contributed by atoms with Crippen LogP contribution in [-0.4, -0.2) is 18.0 Å². The van der Waals surface area contributed by atoms with E-state index in [4.69, 9.17) is 4.74 Å². The molecule has 0 saturated carbocycles. The molecule has 108 valence electrons. The van der Waals surface area contributed by atoms with Gasteiger partial charge >= 0.3 is 0 Å². The fourth-order valence-corrected chi connectivity index (χ4v) is 2.78. The lowest BCUT2D eigenvalue weighted by atomic mass is 9.87. The van der Waals surface area contributed by atoms with Crippen molar-refractivity contribution < 1.29 is 9.53 Å². The minimum Gasteiger partial charge on any atom is -0.481 e. The number of methoxy groups -OCH3 is 1. The second-order valence-electron chi connectivity index (χ2n) is 5.21. The van der Waals surface area contributed by atoms with E-state index in [1.807, 2.05) is 6.07 Å². The third kappa shape index (κ3) is 2.89. The fraction of sp³-hybridized carbons (Fsp3) is 0.294.